The van der Waals surface area contributed by atoms with Gasteiger partial charge in [-0.25, -0.2) is 0 Å². The van der Waals surface area contributed by atoms with E-state index in [9.17, 15) is 0 Å². The second-order valence-corrected chi connectivity index (χ2v) is 6.61. The lowest BCUT2D eigenvalue weighted by molar-refractivity contribution is 0.231. The highest BCUT2D eigenvalue weighted by atomic mass is 15.3. The molecule has 0 bridgehead atoms. The van der Waals surface area contributed by atoms with E-state index in [1.807, 2.05) is 0 Å². The summed E-state index contributed by atoms with van der Waals surface area (Å²) in [4.78, 5) is 2.63. The lowest BCUT2D eigenvalue weighted by Gasteiger charge is -2.25. The number of likely N-dealkylation sites (tertiary alicyclic amines) is 1. The zero-order valence-electron chi connectivity index (χ0n) is 14.2. The first-order valence-corrected chi connectivity index (χ1v) is 8.64. The molecule has 2 heterocycles. The molecule has 1 saturated heterocycles. The maximum absolute atomic E-state index is 4.67. The topological polar surface area (TPSA) is 33.1 Å². The molecule has 4 nitrogen and oxygen atoms in total. The van der Waals surface area contributed by atoms with Crippen LogP contribution < -0.4 is 5.32 Å². The molecule has 1 aliphatic rings. The Morgan fingerprint density at radius 3 is 2.86 bits per heavy atom. The van der Waals surface area contributed by atoms with E-state index in [-0.39, 0.29) is 0 Å². The lowest BCUT2D eigenvalue weighted by Crippen LogP contribution is -2.39. The molecule has 0 spiro atoms. The number of aryl methyl sites for hydroxylation is 2. The van der Waals surface area contributed by atoms with Gasteiger partial charge in [-0.2, -0.15) is 5.10 Å². The number of aromatic nitrogens is 2. The van der Waals surface area contributed by atoms with Crippen molar-refractivity contribution in [2.75, 3.05) is 19.6 Å². The Kier molecular flexibility index (Phi) is 6.24. The quantitative estimate of drug-likeness (QED) is 0.799. The van der Waals surface area contributed by atoms with E-state index in [1.54, 1.807) is 0 Å². The largest absolute Gasteiger partial charge is 0.315 e. The number of nitrogens with one attached hydrogen (secondary N) is 1. The summed E-state index contributed by atoms with van der Waals surface area (Å²) >= 11 is 0. The van der Waals surface area contributed by atoms with E-state index in [2.05, 4.69) is 53.8 Å². The molecule has 1 N–H and O–H groups in total. The summed E-state index contributed by atoms with van der Waals surface area (Å²) in [5.41, 5.74) is 2.60. The Morgan fingerprint density at radius 1 is 1.38 bits per heavy atom. The summed E-state index contributed by atoms with van der Waals surface area (Å²) in [6.07, 6.45) is 3.68. The van der Waals surface area contributed by atoms with Crippen LogP contribution in [0.3, 0.4) is 0 Å². The van der Waals surface area contributed by atoms with E-state index >= 15 is 0 Å². The predicted octanol–water partition coefficient (Wildman–Crippen LogP) is 2.68. The van der Waals surface area contributed by atoms with Gasteiger partial charge in [0, 0.05) is 25.7 Å². The van der Waals surface area contributed by atoms with E-state index in [4.69, 9.17) is 0 Å². The summed E-state index contributed by atoms with van der Waals surface area (Å²) in [5, 5.41) is 8.30. The lowest BCUT2D eigenvalue weighted by atomic mass is 10.2. The van der Waals surface area contributed by atoms with Crippen molar-refractivity contribution in [2.24, 2.45) is 5.92 Å². The molecule has 0 radical (unpaired) electrons. The first-order chi connectivity index (χ1) is 10.1. The molecule has 1 aromatic rings. The predicted molar refractivity (Wildman–Crippen MR) is 88.4 cm³/mol. The van der Waals surface area contributed by atoms with Crippen LogP contribution >= 0.6 is 0 Å². The van der Waals surface area contributed by atoms with Crippen molar-refractivity contribution in [3.8, 4) is 0 Å². The van der Waals surface area contributed by atoms with Crippen LogP contribution in [0.25, 0.3) is 0 Å². The molecule has 0 amide bonds. The van der Waals surface area contributed by atoms with Gasteiger partial charge in [0.25, 0.3) is 0 Å². The van der Waals surface area contributed by atoms with Gasteiger partial charge in [0.2, 0.25) is 0 Å². The molecule has 1 aliphatic heterocycles. The summed E-state index contributed by atoms with van der Waals surface area (Å²) in [7, 11) is 0. The maximum atomic E-state index is 4.67. The number of nitrogens with zero attached hydrogens (tertiary/aromatic N) is 3. The van der Waals surface area contributed by atoms with Crippen molar-refractivity contribution in [2.45, 2.75) is 66.1 Å². The number of hydrogen-bond donors (Lipinski definition) is 1. The van der Waals surface area contributed by atoms with Crippen molar-refractivity contribution >= 4 is 0 Å². The van der Waals surface area contributed by atoms with Crippen molar-refractivity contribution in [1.82, 2.24) is 20.0 Å². The molecule has 1 atom stereocenters. The van der Waals surface area contributed by atoms with E-state index in [1.165, 1.54) is 30.8 Å². The third kappa shape index (κ3) is 4.55. The Balaban J connectivity index is 1.92. The molecular weight excluding hydrogens is 260 g/mol. The van der Waals surface area contributed by atoms with Crippen LogP contribution in [0.5, 0.6) is 0 Å². The van der Waals surface area contributed by atoms with Gasteiger partial charge >= 0.3 is 0 Å². The standard InChI is InChI=1S/C17H32N4/c1-5-15-10-17(21(6-2)19-15)13-20-9-7-8-16(20)12-18-11-14(3)4/h10,14,16,18H,5-9,11-13H2,1-4H3. The van der Waals surface area contributed by atoms with Crippen LogP contribution in [-0.2, 0) is 19.5 Å². The van der Waals surface area contributed by atoms with Crippen LogP contribution in [0.2, 0.25) is 0 Å². The summed E-state index contributed by atoms with van der Waals surface area (Å²) < 4.78 is 2.18. The fraction of sp³-hybridized carbons (Fsp3) is 0.824. The maximum Gasteiger partial charge on any atom is 0.0625 e. The minimum Gasteiger partial charge on any atom is -0.315 e. The van der Waals surface area contributed by atoms with Gasteiger partial charge in [0.15, 0.2) is 0 Å². The molecule has 0 aromatic carbocycles. The van der Waals surface area contributed by atoms with Gasteiger partial charge in [-0.1, -0.05) is 20.8 Å². The monoisotopic (exact) mass is 292 g/mol. The minimum atomic E-state index is 0.689. The highest BCUT2D eigenvalue weighted by Crippen LogP contribution is 2.20. The second kappa shape index (κ2) is 7.95. The molecule has 21 heavy (non-hydrogen) atoms. The van der Waals surface area contributed by atoms with Gasteiger partial charge in [-0.3, -0.25) is 9.58 Å². The first kappa shape index (κ1) is 16.5. The van der Waals surface area contributed by atoms with E-state index in [0.29, 0.717) is 6.04 Å². The Morgan fingerprint density at radius 2 is 2.19 bits per heavy atom. The molecular formula is C17H32N4. The summed E-state index contributed by atoms with van der Waals surface area (Å²) in [6, 6.07) is 2.98. The van der Waals surface area contributed by atoms with Crippen LogP contribution in [-0.4, -0.2) is 40.4 Å². The van der Waals surface area contributed by atoms with Crippen LogP contribution in [0, 0.1) is 5.92 Å². The average Bonchev–Trinajstić information content (AvgIpc) is 3.06. The van der Waals surface area contributed by atoms with E-state index in [0.717, 1.165) is 38.5 Å². The minimum absolute atomic E-state index is 0.689. The SMILES string of the molecule is CCc1cc(CN2CCCC2CNCC(C)C)n(CC)n1. The van der Waals surface area contributed by atoms with E-state index < -0.39 is 0 Å². The van der Waals surface area contributed by atoms with Crippen LogP contribution in [0.4, 0.5) is 0 Å². The third-order valence-corrected chi connectivity index (χ3v) is 4.37. The Bertz CT molecular complexity index is 424. The van der Waals surface area contributed by atoms with Crippen LogP contribution in [0.15, 0.2) is 6.07 Å². The third-order valence-electron chi connectivity index (χ3n) is 4.37. The fourth-order valence-corrected chi connectivity index (χ4v) is 3.17. The van der Waals surface area contributed by atoms with Gasteiger partial charge in [-0.15, -0.1) is 0 Å². The molecule has 120 valence electrons. The van der Waals surface area contributed by atoms with Crippen LogP contribution in [0.1, 0.15) is 51.9 Å². The fourth-order valence-electron chi connectivity index (χ4n) is 3.17. The van der Waals surface area contributed by atoms with Gasteiger partial charge < -0.3 is 5.32 Å². The first-order valence-electron chi connectivity index (χ1n) is 8.64. The molecule has 2 rings (SSSR count). The normalized spacial score (nSPS) is 19.8. The highest BCUT2D eigenvalue weighted by molar-refractivity contribution is 5.11. The molecule has 0 aliphatic carbocycles. The molecule has 4 heteroatoms. The molecule has 0 saturated carbocycles. The zero-order valence-corrected chi connectivity index (χ0v) is 14.2. The van der Waals surface area contributed by atoms with Gasteiger partial charge in [-0.05, 0) is 51.3 Å². The number of rotatable bonds is 8. The average molecular weight is 292 g/mol. The second-order valence-electron chi connectivity index (χ2n) is 6.61. The molecule has 1 fully saturated rings. The molecule has 1 aromatic heterocycles. The summed E-state index contributed by atoms with van der Waals surface area (Å²) in [5.74, 6) is 0.730. The van der Waals surface area contributed by atoms with Crippen molar-refractivity contribution < 1.29 is 0 Å². The molecule has 1 unspecified atom stereocenters. The summed E-state index contributed by atoms with van der Waals surface area (Å²) in [6.45, 7) is 14.4. The van der Waals surface area contributed by atoms with Crippen molar-refractivity contribution in [3.63, 3.8) is 0 Å². The Labute approximate surface area is 129 Å². The zero-order chi connectivity index (χ0) is 15.2. The van der Waals surface area contributed by atoms with Crippen molar-refractivity contribution in [1.29, 1.82) is 0 Å². The van der Waals surface area contributed by atoms with Gasteiger partial charge in [0.1, 0.15) is 0 Å². The Hall–Kier alpha value is -0.870. The highest BCUT2D eigenvalue weighted by Gasteiger charge is 2.25. The van der Waals surface area contributed by atoms with Crippen molar-refractivity contribution in [3.05, 3.63) is 17.5 Å². The number of hydrogen-bond acceptors (Lipinski definition) is 3. The van der Waals surface area contributed by atoms with Gasteiger partial charge in [0.05, 0.1) is 11.4 Å². The smallest absolute Gasteiger partial charge is 0.0625 e.